The molecule has 0 unspecified atom stereocenters. The number of anilines is 1. The van der Waals surface area contributed by atoms with Crippen LogP contribution in [0, 0.1) is 5.82 Å². The van der Waals surface area contributed by atoms with Crippen LogP contribution in [0.4, 0.5) is 10.1 Å². The van der Waals surface area contributed by atoms with Gasteiger partial charge in [-0.2, -0.15) is 0 Å². The number of rotatable bonds is 5. The number of carbonyl (C=O) groups is 2. The van der Waals surface area contributed by atoms with Crippen molar-refractivity contribution in [3.8, 4) is 0 Å². The highest BCUT2D eigenvalue weighted by Gasteiger charge is 2.20. The highest BCUT2D eigenvalue weighted by Crippen LogP contribution is 2.23. The van der Waals surface area contributed by atoms with Gasteiger partial charge in [0.15, 0.2) is 0 Å². The van der Waals surface area contributed by atoms with Crippen LogP contribution in [0.1, 0.15) is 17.3 Å². The maximum atomic E-state index is 13.5. The Hall–Kier alpha value is -2.11. The van der Waals surface area contributed by atoms with Gasteiger partial charge in [0.05, 0.1) is 12.2 Å². The molecule has 0 bridgehead atoms. The fraction of sp³-hybridized carbons (Fsp3) is 0.333. The monoisotopic (exact) mass is 254 g/mol. The number of nitrogens with zero attached hydrogens (tertiary/aromatic N) is 1. The average Bonchev–Trinajstić information content (AvgIpc) is 2.34. The van der Waals surface area contributed by atoms with E-state index < -0.39 is 17.3 Å². The maximum absolute atomic E-state index is 13.5. The normalized spacial score (nSPS) is 9.94. The Morgan fingerprint density at radius 3 is 2.61 bits per heavy atom. The van der Waals surface area contributed by atoms with Gasteiger partial charge in [0, 0.05) is 13.6 Å². The summed E-state index contributed by atoms with van der Waals surface area (Å²) in [5.41, 5.74) is -0.211. The largest absolute Gasteiger partial charge is 0.478 e. The van der Waals surface area contributed by atoms with Gasteiger partial charge in [0.1, 0.15) is 11.4 Å². The van der Waals surface area contributed by atoms with Crippen LogP contribution in [0.25, 0.3) is 0 Å². The quantitative estimate of drug-likeness (QED) is 0.825. The second-order valence-corrected chi connectivity index (χ2v) is 3.63. The first kappa shape index (κ1) is 14.0. The Morgan fingerprint density at radius 2 is 2.11 bits per heavy atom. The molecule has 1 amide bonds. The Morgan fingerprint density at radius 1 is 1.44 bits per heavy atom. The number of carbonyl (C=O) groups excluding carboxylic acids is 1. The molecule has 0 saturated carbocycles. The van der Waals surface area contributed by atoms with E-state index in [1.54, 1.807) is 6.92 Å². The predicted molar refractivity (Wildman–Crippen MR) is 65.3 cm³/mol. The van der Waals surface area contributed by atoms with Crippen LogP contribution in [-0.2, 0) is 4.79 Å². The highest BCUT2D eigenvalue weighted by molar-refractivity contribution is 5.95. The van der Waals surface area contributed by atoms with Crippen molar-refractivity contribution in [2.45, 2.75) is 6.92 Å². The molecule has 1 aromatic carbocycles. The summed E-state index contributed by atoms with van der Waals surface area (Å²) in [7, 11) is 1.49. The van der Waals surface area contributed by atoms with Crippen molar-refractivity contribution in [1.82, 2.24) is 5.32 Å². The molecule has 0 heterocycles. The van der Waals surface area contributed by atoms with Crippen LogP contribution in [-0.4, -0.2) is 37.1 Å². The minimum atomic E-state index is -1.35. The zero-order valence-electron chi connectivity index (χ0n) is 10.2. The lowest BCUT2D eigenvalue weighted by Gasteiger charge is -2.23. The molecule has 0 spiro atoms. The van der Waals surface area contributed by atoms with Crippen molar-refractivity contribution in [3.63, 3.8) is 0 Å². The molecule has 1 rings (SSSR count). The Kier molecular flexibility index (Phi) is 4.65. The number of carboxylic acid groups (broad SMARTS) is 1. The minimum absolute atomic E-state index is 0.0171. The number of benzene rings is 1. The molecule has 0 aliphatic carbocycles. The molecule has 18 heavy (non-hydrogen) atoms. The summed E-state index contributed by atoms with van der Waals surface area (Å²) in [5.74, 6) is -2.42. The van der Waals surface area contributed by atoms with Gasteiger partial charge in [-0.05, 0) is 19.1 Å². The smallest absolute Gasteiger partial charge is 0.340 e. The lowest BCUT2D eigenvalue weighted by Crippen LogP contribution is -2.36. The van der Waals surface area contributed by atoms with E-state index in [1.807, 2.05) is 0 Å². The fourth-order valence-corrected chi connectivity index (χ4v) is 1.61. The fourth-order valence-electron chi connectivity index (χ4n) is 1.61. The molecule has 6 heteroatoms. The first-order chi connectivity index (χ1) is 8.51. The van der Waals surface area contributed by atoms with Crippen molar-refractivity contribution >= 4 is 17.6 Å². The molecule has 0 saturated heterocycles. The van der Waals surface area contributed by atoms with Crippen molar-refractivity contribution in [1.29, 1.82) is 0 Å². The summed E-state index contributed by atoms with van der Waals surface area (Å²) < 4.78 is 13.5. The van der Waals surface area contributed by atoms with E-state index in [0.29, 0.717) is 6.54 Å². The third-order valence-corrected chi connectivity index (χ3v) is 2.54. The van der Waals surface area contributed by atoms with Crippen LogP contribution < -0.4 is 10.2 Å². The van der Waals surface area contributed by atoms with E-state index in [2.05, 4.69) is 5.32 Å². The van der Waals surface area contributed by atoms with Crippen molar-refractivity contribution < 1.29 is 19.1 Å². The second kappa shape index (κ2) is 6.00. The Labute approximate surface area is 104 Å². The Bertz CT molecular complexity index is 463. The van der Waals surface area contributed by atoms with E-state index in [4.69, 9.17) is 5.11 Å². The molecule has 98 valence electrons. The third-order valence-electron chi connectivity index (χ3n) is 2.54. The molecule has 1 aromatic rings. The molecule has 0 atom stereocenters. The molecule has 0 fully saturated rings. The maximum Gasteiger partial charge on any atom is 0.340 e. The van der Waals surface area contributed by atoms with Crippen molar-refractivity contribution in [2.75, 3.05) is 25.0 Å². The van der Waals surface area contributed by atoms with Gasteiger partial charge >= 0.3 is 5.97 Å². The number of aromatic carboxylic acids is 1. The summed E-state index contributed by atoms with van der Waals surface area (Å²) in [6, 6.07) is 3.99. The van der Waals surface area contributed by atoms with E-state index in [1.165, 1.54) is 24.1 Å². The number of hydrogen-bond donors (Lipinski definition) is 2. The first-order valence-electron chi connectivity index (χ1n) is 5.48. The van der Waals surface area contributed by atoms with Gasteiger partial charge in [-0.25, -0.2) is 9.18 Å². The summed E-state index contributed by atoms with van der Waals surface area (Å²) >= 11 is 0. The minimum Gasteiger partial charge on any atom is -0.478 e. The van der Waals surface area contributed by atoms with Crippen LogP contribution in [0.5, 0.6) is 0 Å². The molecule has 0 aromatic heterocycles. The number of nitrogens with one attached hydrogen (secondary N) is 1. The van der Waals surface area contributed by atoms with Gasteiger partial charge in [-0.1, -0.05) is 6.07 Å². The van der Waals surface area contributed by atoms with E-state index in [9.17, 15) is 14.0 Å². The number of hydrogen-bond acceptors (Lipinski definition) is 3. The average molecular weight is 254 g/mol. The zero-order valence-corrected chi connectivity index (χ0v) is 10.2. The number of halogens is 1. The molecule has 0 radical (unpaired) electrons. The standard InChI is InChI=1S/C12H15FN2O3/c1-3-15(7-10(16)14-2)9-6-4-5-8(13)11(9)12(17)18/h4-6H,3,7H2,1-2H3,(H,14,16)(H,17,18). The van der Waals surface area contributed by atoms with Gasteiger partial charge < -0.3 is 15.3 Å². The molecule has 0 aliphatic rings. The highest BCUT2D eigenvalue weighted by atomic mass is 19.1. The van der Waals surface area contributed by atoms with Crippen LogP contribution >= 0.6 is 0 Å². The van der Waals surface area contributed by atoms with Gasteiger partial charge in [-0.15, -0.1) is 0 Å². The summed E-state index contributed by atoms with van der Waals surface area (Å²) in [6.07, 6.45) is 0. The topological polar surface area (TPSA) is 69.6 Å². The molecular formula is C12H15FN2O3. The lowest BCUT2D eigenvalue weighted by molar-refractivity contribution is -0.119. The number of amides is 1. The van der Waals surface area contributed by atoms with Gasteiger partial charge in [0.25, 0.3) is 0 Å². The van der Waals surface area contributed by atoms with Crippen LogP contribution in [0.3, 0.4) is 0 Å². The van der Waals surface area contributed by atoms with E-state index in [-0.39, 0.29) is 18.1 Å². The third kappa shape index (κ3) is 2.97. The molecule has 0 aliphatic heterocycles. The second-order valence-electron chi connectivity index (χ2n) is 3.63. The number of likely N-dealkylation sites (N-methyl/N-ethyl adjacent to an activating group) is 2. The van der Waals surface area contributed by atoms with Crippen LogP contribution in [0.15, 0.2) is 18.2 Å². The van der Waals surface area contributed by atoms with Crippen molar-refractivity contribution in [2.24, 2.45) is 0 Å². The molecule has 5 nitrogen and oxygen atoms in total. The summed E-state index contributed by atoms with van der Waals surface area (Å²) in [5, 5.41) is 11.5. The molecule has 2 N–H and O–H groups in total. The Balaban J connectivity index is 3.17. The van der Waals surface area contributed by atoms with E-state index in [0.717, 1.165) is 6.07 Å². The van der Waals surface area contributed by atoms with Gasteiger partial charge in [-0.3, -0.25) is 4.79 Å². The van der Waals surface area contributed by atoms with E-state index >= 15 is 0 Å². The SMILES string of the molecule is CCN(CC(=O)NC)c1cccc(F)c1C(=O)O. The predicted octanol–water partition coefficient (Wildman–Crippen LogP) is 1.10. The lowest BCUT2D eigenvalue weighted by atomic mass is 10.1. The number of carboxylic acids is 1. The summed E-state index contributed by atoms with van der Waals surface area (Å²) in [6.45, 7) is 2.15. The summed E-state index contributed by atoms with van der Waals surface area (Å²) in [4.78, 5) is 23.9. The van der Waals surface area contributed by atoms with Crippen molar-refractivity contribution in [3.05, 3.63) is 29.6 Å². The first-order valence-corrected chi connectivity index (χ1v) is 5.48. The zero-order chi connectivity index (χ0) is 13.7. The van der Waals surface area contributed by atoms with Gasteiger partial charge in [0.2, 0.25) is 5.91 Å². The van der Waals surface area contributed by atoms with Crippen LogP contribution in [0.2, 0.25) is 0 Å². The molecular weight excluding hydrogens is 239 g/mol.